The molecular formula is C24H26N4O3S2. The Morgan fingerprint density at radius 2 is 2.00 bits per heavy atom. The van der Waals surface area contributed by atoms with Crippen molar-refractivity contribution < 1.29 is 14.3 Å². The summed E-state index contributed by atoms with van der Waals surface area (Å²) in [7, 11) is 0. The lowest BCUT2D eigenvalue weighted by molar-refractivity contribution is 0.0376. The van der Waals surface area contributed by atoms with E-state index in [2.05, 4.69) is 9.88 Å². The van der Waals surface area contributed by atoms with Gasteiger partial charge in [-0.1, -0.05) is 11.3 Å². The topological polar surface area (TPSA) is 67.8 Å². The zero-order valence-electron chi connectivity index (χ0n) is 18.5. The molecule has 0 atom stereocenters. The first-order chi connectivity index (χ1) is 16.2. The molecule has 172 valence electrons. The Labute approximate surface area is 200 Å². The van der Waals surface area contributed by atoms with Crippen molar-refractivity contribution in [3.05, 3.63) is 47.5 Å². The molecule has 0 aliphatic carbocycles. The quantitative estimate of drug-likeness (QED) is 0.363. The molecule has 1 amide bonds. The van der Waals surface area contributed by atoms with E-state index in [0.29, 0.717) is 18.7 Å². The molecular weight excluding hydrogens is 456 g/mol. The van der Waals surface area contributed by atoms with Crippen LogP contribution in [-0.4, -0.2) is 66.8 Å². The Hall–Kier alpha value is -2.59. The summed E-state index contributed by atoms with van der Waals surface area (Å²) in [4.78, 5) is 27.0. The fraction of sp³-hybridized carbons (Fsp3) is 0.375. The van der Waals surface area contributed by atoms with Gasteiger partial charge in [0.15, 0.2) is 5.13 Å². The summed E-state index contributed by atoms with van der Waals surface area (Å²) in [6.07, 6.45) is 0.870. The average Bonchev–Trinajstić information content (AvgIpc) is 3.48. The largest absolute Gasteiger partial charge is 0.494 e. The van der Waals surface area contributed by atoms with Crippen LogP contribution in [0.15, 0.2) is 41.9 Å². The molecule has 33 heavy (non-hydrogen) atoms. The minimum atomic E-state index is -0.0311. The van der Waals surface area contributed by atoms with E-state index >= 15 is 0 Å². The Morgan fingerprint density at radius 1 is 1.15 bits per heavy atom. The first-order valence-electron chi connectivity index (χ1n) is 11.2. The second kappa shape index (κ2) is 10.1. The summed E-state index contributed by atoms with van der Waals surface area (Å²) in [6, 6.07) is 11.6. The van der Waals surface area contributed by atoms with Crippen LogP contribution in [-0.2, 0) is 4.74 Å². The molecule has 1 aliphatic heterocycles. The molecule has 0 radical (unpaired) electrons. The fourth-order valence-electron chi connectivity index (χ4n) is 3.97. The van der Waals surface area contributed by atoms with Gasteiger partial charge in [-0.3, -0.25) is 14.6 Å². The van der Waals surface area contributed by atoms with E-state index in [9.17, 15) is 4.79 Å². The molecule has 0 bridgehead atoms. The van der Waals surface area contributed by atoms with Crippen LogP contribution in [0.1, 0.15) is 23.7 Å². The van der Waals surface area contributed by atoms with E-state index in [4.69, 9.17) is 14.5 Å². The third-order valence-electron chi connectivity index (χ3n) is 5.67. The lowest BCUT2D eigenvalue weighted by Gasteiger charge is -2.27. The zero-order chi connectivity index (χ0) is 22.6. The van der Waals surface area contributed by atoms with Crippen molar-refractivity contribution in [2.24, 2.45) is 0 Å². The van der Waals surface area contributed by atoms with Gasteiger partial charge < -0.3 is 9.47 Å². The second-order valence-electron chi connectivity index (χ2n) is 7.86. The highest BCUT2D eigenvalue weighted by molar-refractivity contribution is 7.22. The summed E-state index contributed by atoms with van der Waals surface area (Å²) in [5.74, 6) is 0.789. The minimum Gasteiger partial charge on any atom is -0.494 e. The number of thiazole rings is 2. The molecule has 3 heterocycles. The van der Waals surface area contributed by atoms with E-state index in [-0.39, 0.29) is 5.91 Å². The van der Waals surface area contributed by atoms with Gasteiger partial charge in [0.2, 0.25) is 0 Å². The number of fused-ring (bicyclic) bond motifs is 2. The van der Waals surface area contributed by atoms with Crippen LogP contribution in [0, 0.1) is 0 Å². The van der Waals surface area contributed by atoms with Crippen molar-refractivity contribution in [1.29, 1.82) is 0 Å². The highest BCUT2D eigenvalue weighted by atomic mass is 32.1. The number of hydrogen-bond donors (Lipinski definition) is 0. The minimum absolute atomic E-state index is 0.0311. The molecule has 9 heteroatoms. The number of ether oxygens (including phenoxy) is 2. The first-order valence-corrected chi connectivity index (χ1v) is 12.9. The molecule has 0 saturated carbocycles. The van der Waals surface area contributed by atoms with Crippen molar-refractivity contribution in [2.75, 3.05) is 50.9 Å². The summed E-state index contributed by atoms with van der Waals surface area (Å²) in [5.41, 5.74) is 4.26. The van der Waals surface area contributed by atoms with Gasteiger partial charge in [-0.2, -0.15) is 0 Å². The normalized spacial score (nSPS) is 14.7. The molecule has 0 N–H and O–H groups in total. The standard InChI is InChI=1S/C24H26N4O3S2/c1-2-31-18-5-7-20-22(15-18)33-24(26-20)28(9-3-8-27-10-12-30-13-11-27)23(29)17-4-6-19-21(14-17)32-16-25-19/h4-7,14-16H,2-3,8-13H2,1H3. The van der Waals surface area contributed by atoms with Crippen molar-refractivity contribution in [3.63, 3.8) is 0 Å². The molecule has 5 rings (SSSR count). The lowest BCUT2D eigenvalue weighted by atomic mass is 10.2. The molecule has 1 saturated heterocycles. The average molecular weight is 483 g/mol. The molecule has 7 nitrogen and oxygen atoms in total. The van der Waals surface area contributed by atoms with Crippen LogP contribution >= 0.6 is 22.7 Å². The Balaban J connectivity index is 1.42. The predicted molar refractivity (Wildman–Crippen MR) is 134 cm³/mol. The van der Waals surface area contributed by atoms with Crippen LogP contribution in [0.2, 0.25) is 0 Å². The number of anilines is 1. The highest BCUT2D eigenvalue weighted by Gasteiger charge is 2.22. The maximum atomic E-state index is 13.7. The van der Waals surface area contributed by atoms with Gasteiger partial charge in [0.25, 0.3) is 5.91 Å². The van der Waals surface area contributed by atoms with Gasteiger partial charge in [-0.05, 0) is 49.7 Å². The summed E-state index contributed by atoms with van der Waals surface area (Å²) in [5, 5.41) is 0.718. The number of morpholine rings is 1. The van der Waals surface area contributed by atoms with Crippen LogP contribution < -0.4 is 9.64 Å². The molecule has 1 aliphatic rings. The number of hydrogen-bond acceptors (Lipinski definition) is 8. The number of nitrogens with zero attached hydrogens (tertiary/aromatic N) is 4. The number of aromatic nitrogens is 2. The Morgan fingerprint density at radius 3 is 2.85 bits per heavy atom. The Bertz CT molecular complexity index is 1250. The zero-order valence-corrected chi connectivity index (χ0v) is 20.2. The van der Waals surface area contributed by atoms with Crippen LogP contribution in [0.4, 0.5) is 5.13 Å². The summed E-state index contributed by atoms with van der Waals surface area (Å²) < 4.78 is 13.1. The van der Waals surface area contributed by atoms with E-state index in [0.717, 1.165) is 70.6 Å². The Kier molecular flexibility index (Phi) is 6.82. The molecule has 4 aromatic rings. The van der Waals surface area contributed by atoms with Gasteiger partial charge in [0, 0.05) is 31.7 Å². The van der Waals surface area contributed by atoms with Crippen molar-refractivity contribution >= 4 is 54.1 Å². The SMILES string of the molecule is CCOc1ccc2nc(N(CCCN3CCOCC3)C(=O)c3ccc4ncsc4c3)sc2c1. The molecule has 1 fully saturated rings. The molecule has 0 spiro atoms. The van der Waals surface area contributed by atoms with Crippen LogP contribution in [0.5, 0.6) is 5.75 Å². The number of rotatable bonds is 8. The lowest BCUT2D eigenvalue weighted by Crippen LogP contribution is -2.39. The number of amides is 1. The maximum Gasteiger partial charge on any atom is 0.260 e. The smallest absolute Gasteiger partial charge is 0.260 e. The van der Waals surface area contributed by atoms with Gasteiger partial charge in [-0.15, -0.1) is 11.3 Å². The number of carbonyl (C=O) groups excluding carboxylic acids is 1. The van der Waals surface area contributed by atoms with Gasteiger partial charge in [0.05, 0.1) is 45.8 Å². The van der Waals surface area contributed by atoms with Crippen molar-refractivity contribution in [2.45, 2.75) is 13.3 Å². The summed E-state index contributed by atoms with van der Waals surface area (Å²) in [6.45, 7) is 7.56. The van der Waals surface area contributed by atoms with E-state index < -0.39 is 0 Å². The number of carbonyl (C=O) groups is 1. The van der Waals surface area contributed by atoms with Crippen LogP contribution in [0.3, 0.4) is 0 Å². The molecule has 2 aromatic carbocycles. The van der Waals surface area contributed by atoms with Crippen molar-refractivity contribution in [3.8, 4) is 5.75 Å². The van der Waals surface area contributed by atoms with E-state index in [1.165, 1.54) is 11.3 Å². The molecule has 0 unspecified atom stereocenters. The van der Waals surface area contributed by atoms with Gasteiger partial charge >= 0.3 is 0 Å². The monoisotopic (exact) mass is 482 g/mol. The van der Waals surface area contributed by atoms with E-state index in [1.54, 1.807) is 11.3 Å². The van der Waals surface area contributed by atoms with Crippen LogP contribution in [0.25, 0.3) is 20.4 Å². The third-order valence-corrected chi connectivity index (χ3v) is 7.51. The second-order valence-corrected chi connectivity index (χ2v) is 9.75. The number of benzene rings is 2. The predicted octanol–water partition coefficient (Wildman–Crippen LogP) is 4.67. The fourth-order valence-corrected chi connectivity index (χ4v) is 5.70. The maximum absolute atomic E-state index is 13.7. The first kappa shape index (κ1) is 22.2. The van der Waals surface area contributed by atoms with Gasteiger partial charge in [-0.25, -0.2) is 9.97 Å². The third kappa shape index (κ3) is 5.01. The summed E-state index contributed by atoms with van der Waals surface area (Å²) >= 11 is 3.08. The highest BCUT2D eigenvalue weighted by Crippen LogP contribution is 2.33. The van der Waals surface area contributed by atoms with Gasteiger partial charge in [0.1, 0.15) is 5.75 Å². The van der Waals surface area contributed by atoms with Crippen molar-refractivity contribution in [1.82, 2.24) is 14.9 Å². The van der Waals surface area contributed by atoms with E-state index in [1.807, 2.05) is 53.7 Å². The molecule has 2 aromatic heterocycles.